The molecular weight excluding hydrogens is 434 g/mol. The molecule has 3 aliphatic rings. The Labute approximate surface area is 228 Å². The summed E-state index contributed by atoms with van der Waals surface area (Å²) in [5.74, 6) is 6.67. The second-order valence-corrected chi connectivity index (χ2v) is 15.0. The van der Waals surface area contributed by atoms with Crippen molar-refractivity contribution in [2.75, 3.05) is 20.1 Å². The fourth-order valence-electron chi connectivity index (χ4n) is 8.86. The smallest absolute Gasteiger partial charge is 0.0893 e. The minimum absolute atomic E-state index is 0.897. The minimum atomic E-state index is 0.897. The molecule has 0 aromatic carbocycles. The lowest BCUT2D eigenvalue weighted by Crippen LogP contribution is -2.55. The molecule has 0 N–H and O–H groups in total. The molecule has 0 radical (unpaired) electrons. The van der Waals surface area contributed by atoms with Crippen LogP contribution in [0.5, 0.6) is 0 Å². The Morgan fingerprint density at radius 2 is 1.11 bits per heavy atom. The lowest BCUT2D eigenvalue weighted by Gasteiger charge is -2.46. The van der Waals surface area contributed by atoms with Crippen molar-refractivity contribution in [3.63, 3.8) is 0 Å². The van der Waals surface area contributed by atoms with Gasteiger partial charge in [-0.2, -0.15) is 0 Å². The number of quaternary nitrogens is 1. The fourth-order valence-corrected chi connectivity index (χ4v) is 8.86. The summed E-state index contributed by atoms with van der Waals surface area (Å²) in [7, 11) is 2.73. The van der Waals surface area contributed by atoms with Gasteiger partial charge in [0.25, 0.3) is 0 Å². The Morgan fingerprint density at radius 1 is 0.583 bits per heavy atom. The average molecular weight is 503 g/mol. The van der Waals surface area contributed by atoms with Gasteiger partial charge in [0.15, 0.2) is 0 Å². The van der Waals surface area contributed by atoms with Gasteiger partial charge in [-0.15, -0.1) is 0 Å². The molecule has 1 saturated heterocycles. The van der Waals surface area contributed by atoms with Gasteiger partial charge in [0.05, 0.1) is 26.2 Å². The van der Waals surface area contributed by atoms with Crippen molar-refractivity contribution in [2.24, 2.45) is 41.4 Å². The van der Waals surface area contributed by atoms with Crippen LogP contribution in [-0.4, -0.2) is 30.7 Å². The molecule has 5 atom stereocenters. The lowest BCUT2D eigenvalue weighted by atomic mass is 9.76. The average Bonchev–Trinajstić information content (AvgIpc) is 2.82. The zero-order valence-corrected chi connectivity index (χ0v) is 25.9. The van der Waals surface area contributed by atoms with Gasteiger partial charge >= 0.3 is 0 Å². The van der Waals surface area contributed by atoms with Gasteiger partial charge in [0.1, 0.15) is 0 Å². The van der Waals surface area contributed by atoms with Crippen LogP contribution < -0.4 is 0 Å². The molecule has 2 aliphatic carbocycles. The molecule has 0 bridgehead atoms. The van der Waals surface area contributed by atoms with Crippen molar-refractivity contribution < 1.29 is 4.48 Å². The molecule has 3 fully saturated rings. The highest BCUT2D eigenvalue weighted by Gasteiger charge is 2.37. The van der Waals surface area contributed by atoms with Crippen LogP contribution >= 0.6 is 0 Å². The van der Waals surface area contributed by atoms with E-state index >= 15 is 0 Å². The van der Waals surface area contributed by atoms with Gasteiger partial charge in [-0.05, 0) is 73.5 Å². The molecule has 212 valence electrons. The van der Waals surface area contributed by atoms with Crippen molar-refractivity contribution in [1.82, 2.24) is 0 Å². The van der Waals surface area contributed by atoms with Crippen LogP contribution in [0.25, 0.3) is 0 Å². The SMILES string of the molecule is CCC1CCCCCC(CC(CC2CCCC(C)CCC2)[N+]2(C)CCCC(C)C(C)C(C)CCC2)C1. The van der Waals surface area contributed by atoms with Crippen LogP contribution in [0.1, 0.15) is 157 Å². The predicted octanol–water partition coefficient (Wildman–Crippen LogP) is 10.7. The molecule has 5 unspecified atom stereocenters. The lowest BCUT2D eigenvalue weighted by molar-refractivity contribution is -0.935. The zero-order valence-electron chi connectivity index (χ0n) is 25.9. The third kappa shape index (κ3) is 9.61. The van der Waals surface area contributed by atoms with Crippen LogP contribution in [0.15, 0.2) is 0 Å². The van der Waals surface area contributed by atoms with Crippen molar-refractivity contribution in [3.8, 4) is 0 Å². The van der Waals surface area contributed by atoms with E-state index in [1.807, 2.05) is 0 Å². The van der Waals surface area contributed by atoms with Crippen molar-refractivity contribution in [1.29, 1.82) is 0 Å². The summed E-state index contributed by atoms with van der Waals surface area (Å²) < 4.78 is 1.41. The molecule has 3 rings (SSSR count). The maximum atomic E-state index is 2.73. The third-order valence-electron chi connectivity index (χ3n) is 12.1. The third-order valence-corrected chi connectivity index (χ3v) is 12.1. The molecule has 1 heteroatoms. The first-order valence-corrected chi connectivity index (χ1v) is 17.1. The summed E-state index contributed by atoms with van der Waals surface area (Å²) in [4.78, 5) is 0. The van der Waals surface area contributed by atoms with Crippen LogP contribution in [0.2, 0.25) is 0 Å². The van der Waals surface area contributed by atoms with Crippen molar-refractivity contribution >= 4 is 0 Å². The molecule has 1 heterocycles. The van der Waals surface area contributed by atoms with Gasteiger partial charge in [-0.1, -0.05) is 112 Å². The summed E-state index contributed by atoms with van der Waals surface area (Å²) in [6.45, 7) is 15.5. The van der Waals surface area contributed by atoms with Crippen LogP contribution in [-0.2, 0) is 0 Å². The van der Waals surface area contributed by atoms with E-state index in [0.29, 0.717) is 0 Å². The number of hydrogen-bond acceptors (Lipinski definition) is 0. The van der Waals surface area contributed by atoms with Crippen LogP contribution in [0.4, 0.5) is 0 Å². The largest absolute Gasteiger partial charge is 0.324 e. The van der Waals surface area contributed by atoms with Gasteiger partial charge < -0.3 is 4.48 Å². The first-order valence-electron chi connectivity index (χ1n) is 17.1. The minimum Gasteiger partial charge on any atom is -0.324 e. The van der Waals surface area contributed by atoms with E-state index in [-0.39, 0.29) is 0 Å². The summed E-state index contributed by atoms with van der Waals surface area (Å²) in [6, 6.07) is 0.913. The second kappa shape index (κ2) is 15.5. The predicted molar refractivity (Wildman–Crippen MR) is 160 cm³/mol. The van der Waals surface area contributed by atoms with Crippen molar-refractivity contribution in [3.05, 3.63) is 0 Å². The Kier molecular flexibility index (Phi) is 13.2. The standard InChI is InChI=1S/C35H68N/c1-7-32-19-9-8-10-20-34(25-32)27-35(26-33-21-11-15-28(2)16-12-22-33)36(6)23-13-17-29(3)31(5)30(4)18-14-24-36/h28-35H,7-27H2,1-6H3/q+1. The summed E-state index contributed by atoms with van der Waals surface area (Å²) in [6.07, 6.45) is 28.4. The number of nitrogens with zero attached hydrogens (tertiary/aromatic N) is 1. The topological polar surface area (TPSA) is 0 Å². The molecule has 36 heavy (non-hydrogen) atoms. The molecule has 1 nitrogen and oxygen atoms in total. The maximum absolute atomic E-state index is 2.73. The Morgan fingerprint density at radius 3 is 1.69 bits per heavy atom. The van der Waals surface area contributed by atoms with Gasteiger partial charge in [0, 0.05) is 12.8 Å². The molecular formula is C35H68N+. The Balaban J connectivity index is 1.77. The summed E-state index contributed by atoms with van der Waals surface area (Å²) in [5.41, 5.74) is 0. The highest BCUT2D eigenvalue weighted by molar-refractivity contribution is 4.78. The quantitative estimate of drug-likeness (QED) is 0.317. The zero-order chi connectivity index (χ0) is 26.0. The van der Waals surface area contributed by atoms with E-state index in [4.69, 9.17) is 0 Å². The number of rotatable bonds is 6. The first kappa shape index (κ1) is 30.5. The van der Waals surface area contributed by atoms with E-state index in [1.165, 1.54) is 120 Å². The molecule has 2 saturated carbocycles. The van der Waals surface area contributed by atoms with Gasteiger partial charge in [0.2, 0.25) is 0 Å². The number of hydrogen-bond donors (Lipinski definition) is 0. The van der Waals surface area contributed by atoms with Gasteiger partial charge in [-0.3, -0.25) is 0 Å². The molecule has 0 aromatic heterocycles. The summed E-state index contributed by atoms with van der Waals surface area (Å²) >= 11 is 0. The molecule has 1 aliphatic heterocycles. The second-order valence-electron chi connectivity index (χ2n) is 15.0. The molecule has 0 spiro atoms. The van der Waals surface area contributed by atoms with E-state index in [0.717, 1.165) is 47.5 Å². The van der Waals surface area contributed by atoms with E-state index in [9.17, 15) is 0 Å². The Bertz CT molecular complexity index is 557. The van der Waals surface area contributed by atoms with E-state index in [1.54, 1.807) is 19.3 Å². The van der Waals surface area contributed by atoms with E-state index in [2.05, 4.69) is 41.7 Å². The maximum Gasteiger partial charge on any atom is 0.0893 e. The van der Waals surface area contributed by atoms with Gasteiger partial charge in [-0.25, -0.2) is 0 Å². The van der Waals surface area contributed by atoms with Crippen molar-refractivity contribution in [2.45, 2.75) is 163 Å². The van der Waals surface area contributed by atoms with Crippen LogP contribution in [0.3, 0.4) is 0 Å². The molecule has 0 amide bonds. The van der Waals surface area contributed by atoms with E-state index < -0.39 is 0 Å². The molecule has 0 aromatic rings. The highest BCUT2D eigenvalue weighted by Crippen LogP contribution is 2.39. The Hall–Kier alpha value is -0.0400. The monoisotopic (exact) mass is 503 g/mol. The first-order chi connectivity index (χ1) is 17.3. The fraction of sp³-hybridized carbons (Fsp3) is 1.00. The summed E-state index contributed by atoms with van der Waals surface area (Å²) in [5, 5.41) is 0. The van der Waals surface area contributed by atoms with Crippen LogP contribution in [0, 0.1) is 41.4 Å². The highest BCUT2D eigenvalue weighted by atomic mass is 15.4. The normalized spacial score (nSPS) is 41.3.